The second-order valence-corrected chi connectivity index (χ2v) is 5.92. The average molecular weight is 180 g/mol. The first-order chi connectivity index (χ1) is 6.10. The summed E-state index contributed by atoms with van der Waals surface area (Å²) in [5.74, 6) is 1.85. The molecule has 0 amide bonds. The van der Waals surface area contributed by atoms with Crippen molar-refractivity contribution in [3.63, 3.8) is 0 Å². The van der Waals surface area contributed by atoms with Gasteiger partial charge in [0, 0.05) is 0 Å². The van der Waals surface area contributed by atoms with Crippen LogP contribution in [0.4, 0.5) is 0 Å². The van der Waals surface area contributed by atoms with Gasteiger partial charge >= 0.3 is 0 Å². The lowest BCUT2D eigenvalue weighted by Crippen LogP contribution is -2.54. The second kappa shape index (κ2) is 2.13. The number of ether oxygens (including phenoxy) is 1. The molecule has 4 rings (SSSR count). The molecule has 0 aromatic carbocycles. The molecule has 3 aliphatic carbocycles. The largest absolute Gasteiger partial charge is 0.366 e. The summed E-state index contributed by atoms with van der Waals surface area (Å²) in [5, 5.41) is 0. The van der Waals surface area contributed by atoms with Gasteiger partial charge in [0.25, 0.3) is 0 Å². The predicted octanol–water partition coefficient (Wildman–Crippen LogP) is 2.99. The molecule has 0 spiro atoms. The Morgan fingerprint density at radius 1 is 1.38 bits per heavy atom. The Bertz CT molecular complexity index is 246. The fraction of sp³-hybridized carbons (Fsp3) is 1.00. The van der Waals surface area contributed by atoms with E-state index >= 15 is 0 Å². The highest BCUT2D eigenvalue weighted by molar-refractivity contribution is 5.20. The van der Waals surface area contributed by atoms with Gasteiger partial charge < -0.3 is 4.74 Å². The third kappa shape index (κ3) is 0.823. The van der Waals surface area contributed by atoms with Crippen molar-refractivity contribution < 1.29 is 4.74 Å². The van der Waals surface area contributed by atoms with Crippen molar-refractivity contribution in [1.29, 1.82) is 0 Å². The Labute approximate surface area is 80.8 Å². The van der Waals surface area contributed by atoms with E-state index < -0.39 is 0 Å². The van der Waals surface area contributed by atoms with Gasteiger partial charge in [0.1, 0.15) is 0 Å². The highest BCUT2D eigenvalue weighted by Crippen LogP contribution is 2.70. The number of epoxide rings is 1. The quantitative estimate of drug-likeness (QED) is 0.595. The van der Waals surface area contributed by atoms with Crippen molar-refractivity contribution in [2.45, 2.75) is 58.2 Å². The third-order valence-corrected chi connectivity index (χ3v) is 5.00. The molecule has 3 saturated carbocycles. The van der Waals surface area contributed by atoms with E-state index in [-0.39, 0.29) is 0 Å². The van der Waals surface area contributed by atoms with Crippen molar-refractivity contribution in [3.8, 4) is 0 Å². The molecule has 4 atom stereocenters. The van der Waals surface area contributed by atoms with Gasteiger partial charge in [-0.2, -0.15) is 0 Å². The van der Waals surface area contributed by atoms with E-state index in [2.05, 4.69) is 20.8 Å². The molecule has 0 aromatic heterocycles. The molecule has 4 fully saturated rings. The summed E-state index contributed by atoms with van der Waals surface area (Å²) in [6.07, 6.45) is 6.04. The lowest BCUT2D eigenvalue weighted by Gasteiger charge is -2.56. The van der Waals surface area contributed by atoms with E-state index in [1.807, 2.05) is 0 Å². The molecule has 0 N–H and O–H groups in total. The van der Waals surface area contributed by atoms with Crippen molar-refractivity contribution in [1.82, 2.24) is 0 Å². The first kappa shape index (κ1) is 8.28. The van der Waals surface area contributed by atoms with E-state index in [0.29, 0.717) is 17.1 Å². The normalized spacial score (nSPS) is 55.2. The first-order valence-electron chi connectivity index (χ1n) is 5.78. The molecular formula is C12H20O. The molecule has 4 aliphatic rings. The van der Waals surface area contributed by atoms with Crippen LogP contribution in [0, 0.1) is 17.3 Å². The van der Waals surface area contributed by atoms with E-state index in [9.17, 15) is 0 Å². The van der Waals surface area contributed by atoms with Crippen molar-refractivity contribution >= 4 is 0 Å². The minimum atomic E-state index is 0.373. The summed E-state index contributed by atoms with van der Waals surface area (Å²) in [4.78, 5) is 0. The molecule has 0 radical (unpaired) electrons. The van der Waals surface area contributed by atoms with Crippen LogP contribution in [0.25, 0.3) is 0 Å². The van der Waals surface area contributed by atoms with Crippen LogP contribution in [0.5, 0.6) is 0 Å². The zero-order chi connectivity index (χ0) is 9.27. The van der Waals surface area contributed by atoms with E-state index in [4.69, 9.17) is 4.74 Å². The van der Waals surface area contributed by atoms with Gasteiger partial charge in [-0.1, -0.05) is 27.2 Å². The molecule has 4 unspecified atom stereocenters. The number of rotatable bonds is 2. The highest BCUT2D eigenvalue weighted by Gasteiger charge is 2.72. The summed E-state index contributed by atoms with van der Waals surface area (Å²) in [6.45, 7) is 7.14. The van der Waals surface area contributed by atoms with E-state index in [1.165, 1.54) is 25.7 Å². The third-order valence-electron chi connectivity index (χ3n) is 5.00. The smallest absolute Gasteiger partial charge is 0.0954 e. The molecule has 1 nitrogen and oxygen atoms in total. The maximum atomic E-state index is 6.00. The van der Waals surface area contributed by atoms with Crippen molar-refractivity contribution in [2.24, 2.45) is 17.3 Å². The summed E-state index contributed by atoms with van der Waals surface area (Å²) in [7, 11) is 0. The summed E-state index contributed by atoms with van der Waals surface area (Å²) >= 11 is 0. The first-order valence-corrected chi connectivity index (χ1v) is 5.78. The van der Waals surface area contributed by atoms with E-state index in [0.717, 1.165) is 11.8 Å². The Hall–Kier alpha value is -0.0400. The molecule has 1 saturated heterocycles. The second-order valence-electron chi connectivity index (χ2n) is 5.92. The van der Waals surface area contributed by atoms with Gasteiger partial charge in [0.2, 0.25) is 0 Å². The van der Waals surface area contributed by atoms with Gasteiger partial charge in [0.05, 0.1) is 11.7 Å². The number of hydrogen-bond acceptors (Lipinski definition) is 1. The van der Waals surface area contributed by atoms with Crippen LogP contribution in [0.15, 0.2) is 0 Å². The Balaban J connectivity index is 1.80. The maximum absolute atomic E-state index is 6.00. The lowest BCUT2D eigenvalue weighted by molar-refractivity contribution is -0.0625. The summed E-state index contributed by atoms with van der Waals surface area (Å²) in [6, 6.07) is 0. The van der Waals surface area contributed by atoms with E-state index in [1.54, 1.807) is 0 Å². The fourth-order valence-electron chi connectivity index (χ4n) is 3.89. The van der Waals surface area contributed by atoms with Crippen molar-refractivity contribution in [2.75, 3.05) is 0 Å². The molecule has 74 valence electrons. The molecule has 1 heterocycles. The van der Waals surface area contributed by atoms with Gasteiger partial charge in [-0.05, 0) is 36.5 Å². The SMILES string of the molecule is CCCC12CC3CC(C1O2)C3(C)C. The Kier molecular flexibility index (Phi) is 1.36. The maximum Gasteiger partial charge on any atom is 0.0954 e. The zero-order valence-electron chi connectivity index (χ0n) is 8.97. The van der Waals surface area contributed by atoms with Crippen LogP contribution in [0.3, 0.4) is 0 Å². The molecule has 0 aromatic rings. The topological polar surface area (TPSA) is 12.5 Å². The van der Waals surface area contributed by atoms with Crippen LogP contribution >= 0.6 is 0 Å². The minimum absolute atomic E-state index is 0.373. The summed E-state index contributed by atoms with van der Waals surface area (Å²) in [5.41, 5.74) is 0.969. The fourth-order valence-corrected chi connectivity index (χ4v) is 3.89. The van der Waals surface area contributed by atoms with Gasteiger partial charge in [0.15, 0.2) is 0 Å². The molecule has 1 aliphatic heterocycles. The van der Waals surface area contributed by atoms with Crippen LogP contribution in [0.1, 0.15) is 46.5 Å². The molecular weight excluding hydrogens is 160 g/mol. The monoisotopic (exact) mass is 180 g/mol. The van der Waals surface area contributed by atoms with Crippen LogP contribution < -0.4 is 0 Å². The minimum Gasteiger partial charge on any atom is -0.366 e. The summed E-state index contributed by atoms with van der Waals surface area (Å²) < 4.78 is 6.00. The van der Waals surface area contributed by atoms with Gasteiger partial charge in [-0.3, -0.25) is 0 Å². The predicted molar refractivity (Wildman–Crippen MR) is 52.5 cm³/mol. The molecule has 13 heavy (non-hydrogen) atoms. The number of hydrogen-bond donors (Lipinski definition) is 0. The van der Waals surface area contributed by atoms with Crippen LogP contribution in [0.2, 0.25) is 0 Å². The van der Waals surface area contributed by atoms with Gasteiger partial charge in [-0.15, -0.1) is 0 Å². The standard InChI is InChI=1S/C12H20O/c1-4-5-12-7-8-6-9(10(12)13-12)11(8,2)3/h8-10H,4-7H2,1-3H3. The zero-order valence-corrected chi connectivity index (χ0v) is 8.97. The van der Waals surface area contributed by atoms with Crippen LogP contribution in [-0.4, -0.2) is 11.7 Å². The molecule has 1 heteroatoms. The van der Waals surface area contributed by atoms with Gasteiger partial charge in [-0.25, -0.2) is 0 Å². The van der Waals surface area contributed by atoms with Crippen molar-refractivity contribution in [3.05, 3.63) is 0 Å². The molecule has 2 bridgehead atoms. The lowest BCUT2D eigenvalue weighted by atomic mass is 9.46. The average Bonchev–Trinajstić information content (AvgIpc) is 2.78. The van der Waals surface area contributed by atoms with Crippen LogP contribution in [-0.2, 0) is 4.74 Å². The highest BCUT2D eigenvalue weighted by atomic mass is 16.6. The Morgan fingerprint density at radius 3 is 2.69 bits per heavy atom. The Morgan fingerprint density at radius 2 is 2.15 bits per heavy atom.